The molecule has 5 nitrogen and oxygen atoms in total. The Labute approximate surface area is 120 Å². The van der Waals surface area contributed by atoms with E-state index in [0.29, 0.717) is 11.3 Å². The fraction of sp³-hybridized carbons (Fsp3) is 0.154. The van der Waals surface area contributed by atoms with Crippen LogP contribution in [-0.2, 0) is 27.8 Å². The van der Waals surface area contributed by atoms with E-state index in [9.17, 15) is 13.2 Å². The molecule has 0 atom stereocenters. The van der Waals surface area contributed by atoms with Gasteiger partial charge in [-0.05, 0) is 46.2 Å². The smallest absolute Gasteiger partial charge is 0.240 e. The second-order valence-electron chi connectivity index (χ2n) is 4.50. The monoisotopic (exact) mass is 308 g/mol. The summed E-state index contributed by atoms with van der Waals surface area (Å²) in [6, 6.07) is 6.54. The van der Waals surface area contributed by atoms with Crippen molar-refractivity contribution in [3.05, 3.63) is 46.2 Å². The molecule has 0 saturated carbocycles. The number of sulfonamides is 1. The summed E-state index contributed by atoms with van der Waals surface area (Å²) in [4.78, 5) is 11.5. The molecule has 2 heterocycles. The van der Waals surface area contributed by atoms with Crippen LogP contribution < -0.4 is 10.0 Å². The van der Waals surface area contributed by atoms with Gasteiger partial charge in [0.1, 0.15) is 0 Å². The summed E-state index contributed by atoms with van der Waals surface area (Å²) in [5, 5.41) is 6.47. The van der Waals surface area contributed by atoms with Gasteiger partial charge in [-0.2, -0.15) is 11.3 Å². The fourth-order valence-corrected chi connectivity index (χ4v) is 3.76. The van der Waals surface area contributed by atoms with Crippen LogP contribution in [0.1, 0.15) is 11.1 Å². The number of anilines is 1. The lowest BCUT2D eigenvalue weighted by Gasteiger charge is -2.07. The first-order valence-electron chi connectivity index (χ1n) is 5.98. The van der Waals surface area contributed by atoms with E-state index < -0.39 is 10.0 Å². The molecular formula is C13H12N2O3S2. The Bertz CT molecular complexity index is 752. The Morgan fingerprint density at radius 1 is 1.30 bits per heavy atom. The maximum atomic E-state index is 12.2. The molecule has 0 bridgehead atoms. The first-order chi connectivity index (χ1) is 9.54. The van der Waals surface area contributed by atoms with Gasteiger partial charge in [0.2, 0.25) is 15.9 Å². The minimum atomic E-state index is -3.56. The molecule has 2 aromatic rings. The SMILES string of the molecule is O=C1Cc2cc(S(=O)(=O)NCc3ccsc3)ccc2N1. The molecule has 20 heavy (non-hydrogen) atoms. The van der Waals surface area contributed by atoms with Gasteiger partial charge in [-0.3, -0.25) is 4.79 Å². The summed E-state index contributed by atoms with van der Waals surface area (Å²) < 4.78 is 26.9. The minimum Gasteiger partial charge on any atom is -0.326 e. The summed E-state index contributed by atoms with van der Waals surface area (Å²) in [6.45, 7) is 0.264. The molecule has 1 amide bonds. The fourth-order valence-electron chi connectivity index (χ4n) is 2.03. The Balaban J connectivity index is 1.81. The van der Waals surface area contributed by atoms with Crippen LogP contribution in [0, 0.1) is 0 Å². The van der Waals surface area contributed by atoms with Crippen LogP contribution >= 0.6 is 11.3 Å². The molecule has 0 aliphatic carbocycles. The predicted molar refractivity (Wildman–Crippen MR) is 77.1 cm³/mol. The Morgan fingerprint density at radius 2 is 2.15 bits per heavy atom. The molecule has 1 aromatic carbocycles. The van der Waals surface area contributed by atoms with E-state index in [1.54, 1.807) is 12.1 Å². The predicted octanol–water partition coefficient (Wildman–Crippen LogP) is 1.72. The van der Waals surface area contributed by atoms with Crippen LogP contribution in [-0.4, -0.2) is 14.3 Å². The summed E-state index contributed by atoms with van der Waals surface area (Å²) >= 11 is 1.52. The molecule has 0 fully saturated rings. The van der Waals surface area contributed by atoms with Gasteiger partial charge in [0, 0.05) is 12.2 Å². The van der Waals surface area contributed by atoms with E-state index in [-0.39, 0.29) is 23.8 Å². The molecule has 2 N–H and O–H groups in total. The molecule has 3 rings (SSSR count). The normalized spacial score (nSPS) is 14.1. The van der Waals surface area contributed by atoms with Crippen LogP contribution in [0.2, 0.25) is 0 Å². The number of fused-ring (bicyclic) bond motifs is 1. The third kappa shape index (κ3) is 2.60. The Hall–Kier alpha value is -1.70. The minimum absolute atomic E-state index is 0.110. The highest BCUT2D eigenvalue weighted by atomic mass is 32.2. The van der Waals surface area contributed by atoms with Crippen LogP contribution in [0.25, 0.3) is 0 Å². The summed E-state index contributed by atoms with van der Waals surface area (Å²) in [5.41, 5.74) is 2.33. The maximum absolute atomic E-state index is 12.2. The zero-order valence-corrected chi connectivity index (χ0v) is 12.1. The molecular weight excluding hydrogens is 296 g/mol. The van der Waals surface area contributed by atoms with E-state index in [2.05, 4.69) is 10.0 Å². The molecule has 0 unspecified atom stereocenters. The average Bonchev–Trinajstić information content (AvgIpc) is 3.03. The van der Waals surface area contributed by atoms with Crippen molar-refractivity contribution in [3.63, 3.8) is 0 Å². The van der Waals surface area contributed by atoms with Gasteiger partial charge < -0.3 is 5.32 Å². The standard InChI is InChI=1S/C13H12N2O3S2/c16-13-6-10-5-11(1-2-12(10)15-13)20(17,18)14-7-9-3-4-19-8-9/h1-5,8,14H,6-7H2,(H,15,16). The van der Waals surface area contributed by atoms with E-state index in [1.165, 1.54) is 17.4 Å². The third-order valence-electron chi connectivity index (χ3n) is 3.06. The Morgan fingerprint density at radius 3 is 2.90 bits per heavy atom. The lowest BCUT2D eigenvalue weighted by atomic mass is 10.2. The Kier molecular flexibility index (Phi) is 3.33. The number of rotatable bonds is 4. The van der Waals surface area contributed by atoms with Crippen LogP contribution in [0.5, 0.6) is 0 Å². The highest BCUT2D eigenvalue weighted by Gasteiger charge is 2.21. The van der Waals surface area contributed by atoms with Crippen molar-refractivity contribution in [1.82, 2.24) is 4.72 Å². The van der Waals surface area contributed by atoms with Crippen molar-refractivity contribution in [2.75, 3.05) is 5.32 Å². The quantitative estimate of drug-likeness (QED) is 0.903. The number of carbonyl (C=O) groups excluding carboxylic acids is 1. The van der Waals surface area contributed by atoms with Gasteiger partial charge in [0.15, 0.2) is 0 Å². The largest absolute Gasteiger partial charge is 0.326 e. The van der Waals surface area contributed by atoms with Crippen LogP contribution in [0.15, 0.2) is 39.9 Å². The summed E-state index contributed by atoms with van der Waals surface area (Å²) in [5.74, 6) is -0.110. The third-order valence-corrected chi connectivity index (χ3v) is 5.19. The van der Waals surface area contributed by atoms with Gasteiger partial charge in [0.25, 0.3) is 0 Å². The maximum Gasteiger partial charge on any atom is 0.240 e. The molecule has 0 radical (unpaired) electrons. The highest BCUT2D eigenvalue weighted by molar-refractivity contribution is 7.89. The van der Waals surface area contributed by atoms with Crippen molar-refractivity contribution in [2.24, 2.45) is 0 Å². The average molecular weight is 308 g/mol. The van der Waals surface area contributed by atoms with Gasteiger partial charge in [0.05, 0.1) is 11.3 Å². The van der Waals surface area contributed by atoms with Crippen molar-refractivity contribution in [1.29, 1.82) is 0 Å². The highest BCUT2D eigenvalue weighted by Crippen LogP contribution is 2.25. The molecule has 1 aliphatic heterocycles. The number of benzene rings is 1. The van der Waals surface area contributed by atoms with Crippen LogP contribution in [0.3, 0.4) is 0 Å². The molecule has 104 valence electrons. The van der Waals surface area contributed by atoms with Crippen molar-refractivity contribution in [2.45, 2.75) is 17.9 Å². The molecule has 1 aromatic heterocycles. The number of nitrogens with one attached hydrogen (secondary N) is 2. The number of carbonyl (C=O) groups is 1. The molecule has 0 saturated heterocycles. The first-order valence-corrected chi connectivity index (χ1v) is 8.41. The zero-order valence-electron chi connectivity index (χ0n) is 10.4. The lowest BCUT2D eigenvalue weighted by Crippen LogP contribution is -2.23. The van der Waals surface area contributed by atoms with Gasteiger partial charge in [-0.15, -0.1) is 0 Å². The van der Waals surface area contributed by atoms with E-state index in [1.807, 2.05) is 16.8 Å². The molecule has 1 aliphatic rings. The first kappa shape index (κ1) is 13.3. The van der Waals surface area contributed by atoms with Gasteiger partial charge >= 0.3 is 0 Å². The van der Waals surface area contributed by atoms with E-state index >= 15 is 0 Å². The van der Waals surface area contributed by atoms with Crippen molar-refractivity contribution < 1.29 is 13.2 Å². The lowest BCUT2D eigenvalue weighted by molar-refractivity contribution is -0.115. The zero-order chi connectivity index (χ0) is 14.2. The second kappa shape index (κ2) is 5.01. The molecule has 0 spiro atoms. The number of amides is 1. The van der Waals surface area contributed by atoms with Gasteiger partial charge in [-0.1, -0.05) is 0 Å². The topological polar surface area (TPSA) is 75.3 Å². The van der Waals surface area contributed by atoms with Gasteiger partial charge in [-0.25, -0.2) is 13.1 Å². The van der Waals surface area contributed by atoms with Crippen molar-refractivity contribution >= 4 is 33.0 Å². The van der Waals surface area contributed by atoms with Crippen LogP contribution in [0.4, 0.5) is 5.69 Å². The number of hydrogen-bond donors (Lipinski definition) is 2. The van der Waals surface area contributed by atoms with Crippen molar-refractivity contribution in [3.8, 4) is 0 Å². The van der Waals surface area contributed by atoms with E-state index in [0.717, 1.165) is 5.56 Å². The molecule has 7 heteroatoms. The summed E-state index contributed by atoms with van der Waals surface area (Å²) in [7, 11) is -3.56. The van der Waals surface area contributed by atoms with E-state index in [4.69, 9.17) is 0 Å². The second-order valence-corrected chi connectivity index (χ2v) is 7.05. The number of hydrogen-bond acceptors (Lipinski definition) is 4. The number of thiophene rings is 1. The summed E-state index contributed by atoms with van der Waals surface area (Å²) in [6.07, 6.45) is 0.225.